The summed E-state index contributed by atoms with van der Waals surface area (Å²) in [5, 5.41) is 0. The van der Waals surface area contributed by atoms with Gasteiger partial charge in [-0.05, 0) is 54.3 Å². The highest BCUT2D eigenvalue weighted by Gasteiger charge is 2.49. The molecule has 9 saturated heterocycles. The number of likely N-dealkylation sites (tertiary alicyclic amines) is 9. The summed E-state index contributed by atoms with van der Waals surface area (Å²) in [5.74, 6) is -10.8. The highest BCUT2D eigenvalue weighted by molar-refractivity contribution is 6.10. The van der Waals surface area contributed by atoms with Gasteiger partial charge in [0.25, 0.3) is 0 Å². The Bertz CT molecular complexity index is 2950. The van der Waals surface area contributed by atoms with Gasteiger partial charge in [0.2, 0.25) is 106 Å². The normalized spacial score (nSPS) is 27.8. The lowest BCUT2D eigenvalue weighted by Gasteiger charge is -2.25. The van der Waals surface area contributed by atoms with Gasteiger partial charge in [-0.3, -0.25) is 130 Å². The van der Waals surface area contributed by atoms with E-state index >= 15 is 0 Å². The quantitative estimate of drug-likeness (QED) is 0.0989. The van der Waals surface area contributed by atoms with Crippen molar-refractivity contribution in [3.63, 3.8) is 0 Å². The molecule has 0 aliphatic carbocycles. The molecule has 30 heteroatoms. The number of nitrogens with zero attached hydrogens (tertiary/aromatic N) is 12. The molecule has 0 N–H and O–H groups in total. The number of rotatable bonds is 23. The van der Waals surface area contributed by atoms with Gasteiger partial charge >= 0.3 is 0 Å². The zero-order chi connectivity index (χ0) is 65.8. The number of amides is 18. The summed E-state index contributed by atoms with van der Waals surface area (Å²) < 4.78 is 0. The molecule has 9 rings (SSSR count). The summed E-state index contributed by atoms with van der Waals surface area (Å²) in [6.45, 7) is 9.98. The first-order valence-corrected chi connectivity index (χ1v) is 30.6. The van der Waals surface area contributed by atoms with Crippen LogP contribution in [0.5, 0.6) is 0 Å². The van der Waals surface area contributed by atoms with Gasteiger partial charge in [0.05, 0.1) is 35.5 Å². The van der Waals surface area contributed by atoms with Crippen LogP contribution in [-0.4, -0.2) is 266 Å². The zero-order valence-corrected chi connectivity index (χ0v) is 52.2. The van der Waals surface area contributed by atoms with Gasteiger partial charge in [-0.15, -0.1) is 0 Å². The van der Waals surface area contributed by atoms with E-state index in [1.807, 2.05) is 25.8 Å². The molecule has 9 unspecified atom stereocenters. The maximum absolute atomic E-state index is 13.3. The maximum atomic E-state index is 13.3. The van der Waals surface area contributed by atoms with Gasteiger partial charge in [-0.1, -0.05) is 20.8 Å². The molecule has 18 amide bonds. The van der Waals surface area contributed by atoms with Crippen LogP contribution in [0, 0.1) is 53.3 Å². The van der Waals surface area contributed by atoms with Crippen molar-refractivity contribution in [1.29, 1.82) is 0 Å². The van der Waals surface area contributed by atoms with Crippen LogP contribution in [0.25, 0.3) is 0 Å². The van der Waals surface area contributed by atoms with Crippen LogP contribution >= 0.6 is 0 Å². The zero-order valence-electron chi connectivity index (χ0n) is 52.2. The molecule has 9 atom stereocenters. The van der Waals surface area contributed by atoms with Gasteiger partial charge in [0.15, 0.2) is 0 Å². The number of hydrogen-bond donors (Lipinski definition) is 0. The van der Waals surface area contributed by atoms with Crippen LogP contribution in [0.2, 0.25) is 0 Å². The van der Waals surface area contributed by atoms with Crippen molar-refractivity contribution in [3.05, 3.63) is 0 Å². The molecular weight excluding hydrogens is 1160 g/mol. The summed E-state index contributed by atoms with van der Waals surface area (Å²) in [7, 11) is 6.64. The van der Waals surface area contributed by atoms with Crippen molar-refractivity contribution >= 4 is 106 Å². The Morgan fingerprint density at radius 2 is 0.427 bits per heavy atom. The van der Waals surface area contributed by atoms with E-state index in [2.05, 4.69) is 0 Å². The summed E-state index contributed by atoms with van der Waals surface area (Å²) in [4.78, 5) is 236. The first-order valence-electron chi connectivity index (χ1n) is 30.6. The Morgan fingerprint density at radius 3 is 0.596 bits per heavy atom. The molecule has 0 saturated carbocycles. The first-order chi connectivity index (χ1) is 42.0. The van der Waals surface area contributed by atoms with Crippen LogP contribution < -0.4 is 0 Å². The summed E-state index contributed by atoms with van der Waals surface area (Å²) >= 11 is 0. The van der Waals surface area contributed by atoms with Gasteiger partial charge in [0, 0.05) is 135 Å². The number of carbonyl (C=O) groups excluding carboxylic acids is 18. The Balaban J connectivity index is 0.000000230. The minimum absolute atomic E-state index is 0.0483. The summed E-state index contributed by atoms with van der Waals surface area (Å²) in [5.41, 5.74) is 0. The smallest absolute Gasteiger partial charge is 0.235 e. The summed E-state index contributed by atoms with van der Waals surface area (Å²) in [6, 6.07) is 0. The second-order valence-corrected chi connectivity index (χ2v) is 24.6. The third-order valence-electron chi connectivity index (χ3n) is 18.3. The molecule has 9 fully saturated rings. The lowest BCUT2D eigenvalue weighted by Crippen LogP contribution is -2.46. The minimum atomic E-state index is -0.796. The maximum Gasteiger partial charge on any atom is 0.235 e. The average molecular weight is 1250 g/mol. The standard InChI is InChI=1S/C32H43N7O10.C14H21N3O4.C13H18N2O4/c1-5-18-7-24(41)36(28(18)45)16-37-25(42)9-21(30(37)47)14-34(4)15-22-11-27(44)39(32(22)49)17-38-26(43)10-20(31(38)48)13-33(3)12-19-8-23(40)35(6-2)29(19)46;1-4-17-12(19)6-10(14(17)21)8-15(2)7-9-5-11(18)16(3)13(9)20;1-3-8-5-10(16)14(12(8)18)7-15-11(17)6-9(4-2)13(15)19/h18-22H,5-17H2,1-4H3;9-10H,4-8H2,1-3H3;8-9H,3-7H2,1-2H3. The van der Waals surface area contributed by atoms with Crippen molar-refractivity contribution < 1.29 is 86.3 Å². The molecule has 486 valence electrons. The van der Waals surface area contributed by atoms with E-state index in [0.29, 0.717) is 45.4 Å². The minimum Gasteiger partial charge on any atom is -0.305 e. The van der Waals surface area contributed by atoms with Crippen LogP contribution in [-0.2, 0) is 86.3 Å². The average Bonchev–Trinajstić information content (AvgIpc) is 2.76. The van der Waals surface area contributed by atoms with Gasteiger partial charge in [-0.25, -0.2) is 0 Å². The Hall–Kier alpha value is -7.86. The highest BCUT2D eigenvalue weighted by atomic mass is 16.2. The molecule has 0 aromatic carbocycles. The molecule has 0 spiro atoms. The topological polar surface area (TPSA) is 346 Å². The van der Waals surface area contributed by atoms with Crippen molar-refractivity contribution in [3.8, 4) is 0 Å². The molecule has 0 aromatic rings. The van der Waals surface area contributed by atoms with E-state index in [1.165, 1.54) is 16.8 Å². The molecule has 0 aromatic heterocycles. The van der Waals surface area contributed by atoms with E-state index in [0.717, 1.165) is 34.3 Å². The van der Waals surface area contributed by atoms with Crippen LogP contribution in [0.15, 0.2) is 0 Å². The predicted octanol–water partition coefficient (Wildman–Crippen LogP) is -2.10. The molecular formula is C59H82N12O18. The number of imide groups is 9. The van der Waals surface area contributed by atoms with Gasteiger partial charge in [0.1, 0.15) is 20.0 Å². The second-order valence-electron chi connectivity index (χ2n) is 24.6. The molecule has 9 aliphatic heterocycles. The van der Waals surface area contributed by atoms with Crippen LogP contribution in [0.3, 0.4) is 0 Å². The Labute approximate surface area is 515 Å². The van der Waals surface area contributed by atoms with Crippen LogP contribution in [0.4, 0.5) is 0 Å². The van der Waals surface area contributed by atoms with Gasteiger partial charge in [-0.2, -0.15) is 0 Å². The second kappa shape index (κ2) is 28.7. The fraction of sp³-hybridized carbons (Fsp3) is 0.695. The van der Waals surface area contributed by atoms with E-state index in [1.54, 1.807) is 44.7 Å². The summed E-state index contributed by atoms with van der Waals surface area (Å²) in [6.07, 6.45) is 2.23. The Kier molecular flexibility index (Phi) is 22.2. The third kappa shape index (κ3) is 14.7. The first kappa shape index (κ1) is 68.6. The van der Waals surface area contributed by atoms with Gasteiger partial charge < -0.3 is 14.7 Å². The molecule has 89 heavy (non-hydrogen) atoms. The van der Waals surface area contributed by atoms with Crippen molar-refractivity contribution in [2.75, 3.05) is 101 Å². The van der Waals surface area contributed by atoms with E-state index in [9.17, 15) is 86.3 Å². The fourth-order valence-electron chi connectivity index (χ4n) is 13.1. The van der Waals surface area contributed by atoms with E-state index in [-0.39, 0.29) is 173 Å². The molecule has 9 aliphatic rings. The largest absolute Gasteiger partial charge is 0.305 e. The lowest BCUT2D eigenvalue weighted by atomic mass is 10.0. The number of carbonyl (C=O) groups is 18. The van der Waals surface area contributed by atoms with Crippen LogP contribution in [0.1, 0.15) is 112 Å². The lowest BCUT2D eigenvalue weighted by molar-refractivity contribution is -0.151. The van der Waals surface area contributed by atoms with E-state index in [4.69, 9.17) is 0 Å². The van der Waals surface area contributed by atoms with Crippen molar-refractivity contribution in [1.82, 2.24) is 58.8 Å². The highest BCUT2D eigenvalue weighted by Crippen LogP contribution is 2.31. The SMILES string of the molecule is CCC1CC(=O)N(CN2C(=O)CC(CC)C2=O)C1=O.CCC1CC(=O)N(CN2C(=O)CC(CN(C)CC3CC(=O)N(CN4C(=O)CC(CN(C)CC5CC(=O)N(CC)C5=O)C4=O)C3=O)C2=O)C1=O.CCN1C(=O)CC(CN(C)CC2CC(=O)N(C)C2=O)C1=O. The third-order valence-corrected chi connectivity index (χ3v) is 18.3. The van der Waals surface area contributed by atoms with E-state index < -0.39 is 90.2 Å². The molecule has 9 heterocycles. The van der Waals surface area contributed by atoms with Crippen molar-refractivity contribution in [2.45, 2.75) is 112 Å². The molecule has 0 radical (unpaired) electrons. The molecule has 30 nitrogen and oxygen atoms in total. The fourth-order valence-corrected chi connectivity index (χ4v) is 13.1. The predicted molar refractivity (Wildman–Crippen MR) is 305 cm³/mol. The molecule has 0 bridgehead atoms. The van der Waals surface area contributed by atoms with Crippen molar-refractivity contribution in [2.24, 2.45) is 53.3 Å². The monoisotopic (exact) mass is 1250 g/mol. The Morgan fingerprint density at radius 1 is 0.258 bits per heavy atom. The number of hydrogen-bond acceptors (Lipinski definition) is 21.